The molecule has 37 heavy (non-hydrogen) atoms. The Bertz CT molecular complexity index is 1410. The Morgan fingerprint density at radius 3 is 2.78 bits per heavy atom. The lowest BCUT2D eigenvalue weighted by Gasteiger charge is -2.22. The fourth-order valence-corrected chi connectivity index (χ4v) is 3.73. The van der Waals surface area contributed by atoms with Crippen molar-refractivity contribution in [2.24, 2.45) is 4.99 Å². The Morgan fingerprint density at radius 1 is 1.32 bits per heavy atom. The maximum atomic E-state index is 13.8. The average Bonchev–Trinajstić information content (AvgIpc) is 2.86. The molecule has 3 amide bonds. The highest BCUT2D eigenvalue weighted by molar-refractivity contribution is 9.12. The van der Waals surface area contributed by atoms with Gasteiger partial charge in [0.05, 0.1) is 35.4 Å². The number of carbonyl (C=O) groups is 2. The molecule has 0 saturated heterocycles. The number of hydrogen-bond acceptors (Lipinski definition) is 6. The smallest absolute Gasteiger partial charge is 0.351 e. The molecule has 188 valence electrons. The molecule has 0 fully saturated rings. The number of rotatable bonds is 6. The number of nitrogens with zero attached hydrogens (tertiary/aromatic N) is 4. The van der Waals surface area contributed by atoms with E-state index in [1.807, 2.05) is 6.92 Å². The Kier molecular flexibility index (Phi) is 9.01. The molecule has 0 atom stereocenters. The minimum atomic E-state index is -0.762. The third kappa shape index (κ3) is 6.96. The number of benzene rings is 1. The summed E-state index contributed by atoms with van der Waals surface area (Å²) in [6.45, 7) is 1.76. The Morgan fingerprint density at radius 2 is 2.11 bits per heavy atom. The fourth-order valence-electron chi connectivity index (χ4n) is 3.29. The van der Waals surface area contributed by atoms with E-state index in [-0.39, 0.29) is 23.8 Å². The van der Waals surface area contributed by atoms with Crippen LogP contribution in [0, 0.1) is 29.5 Å². The summed E-state index contributed by atoms with van der Waals surface area (Å²) in [5.41, 5.74) is 2.78. The van der Waals surface area contributed by atoms with Crippen molar-refractivity contribution in [3.63, 3.8) is 0 Å². The monoisotopic (exact) mass is 564 g/mol. The highest BCUT2D eigenvalue weighted by atomic mass is 79.9. The number of aryl methyl sites for hydroxylation is 1. The van der Waals surface area contributed by atoms with Gasteiger partial charge >= 0.3 is 6.03 Å². The number of aliphatic imine (C=N–C) groups is 1. The van der Waals surface area contributed by atoms with Crippen LogP contribution in [0.3, 0.4) is 0 Å². The number of amides is 3. The third-order valence-corrected chi connectivity index (χ3v) is 5.65. The second kappa shape index (κ2) is 12.4. The standard InChI is InChI=1S/C25H22BrFN8O2/c1-15-5-19(12-31-10-15)35(13-16-3-4-21(27)17(6-16)9-28)25(37)34-24(32-14-36)33-23-7-18(11-30-2)22(29)8-20(23)26/h3-8,10-12,14,29-30H,13H2,1-2H3,(H2,32,33,34,36,37)/b18-11-,29-22?. The van der Waals surface area contributed by atoms with Crippen LogP contribution in [0.4, 0.5) is 14.9 Å². The predicted octanol–water partition coefficient (Wildman–Crippen LogP) is 3.52. The van der Waals surface area contributed by atoms with Gasteiger partial charge < -0.3 is 16.0 Å². The van der Waals surface area contributed by atoms with Gasteiger partial charge in [-0.15, -0.1) is 0 Å². The maximum absolute atomic E-state index is 13.8. The number of urea groups is 1. The van der Waals surface area contributed by atoms with Crippen molar-refractivity contribution in [3.8, 4) is 6.07 Å². The third-order valence-electron chi connectivity index (χ3n) is 4.99. The normalized spacial score (nSPS) is 14.3. The zero-order chi connectivity index (χ0) is 26.9. The van der Waals surface area contributed by atoms with Crippen molar-refractivity contribution < 1.29 is 14.0 Å². The van der Waals surface area contributed by atoms with Gasteiger partial charge in [0, 0.05) is 29.5 Å². The van der Waals surface area contributed by atoms with E-state index < -0.39 is 11.8 Å². The molecule has 0 bridgehead atoms. The zero-order valence-electron chi connectivity index (χ0n) is 19.8. The van der Waals surface area contributed by atoms with Gasteiger partial charge in [0.2, 0.25) is 12.4 Å². The lowest BCUT2D eigenvalue weighted by Crippen LogP contribution is -2.39. The van der Waals surface area contributed by atoms with Crippen molar-refractivity contribution >= 4 is 45.7 Å². The first-order chi connectivity index (χ1) is 17.7. The van der Waals surface area contributed by atoms with Crippen molar-refractivity contribution in [2.75, 3.05) is 11.9 Å². The number of anilines is 1. The lowest BCUT2D eigenvalue weighted by atomic mass is 10.0. The molecule has 0 saturated carbocycles. The molecule has 1 aliphatic rings. The van der Waals surface area contributed by atoms with Crippen LogP contribution in [0.5, 0.6) is 0 Å². The van der Waals surface area contributed by atoms with Gasteiger partial charge in [0.1, 0.15) is 11.9 Å². The van der Waals surface area contributed by atoms with Crippen LogP contribution in [0.25, 0.3) is 0 Å². The summed E-state index contributed by atoms with van der Waals surface area (Å²) in [5, 5.41) is 25.4. The van der Waals surface area contributed by atoms with Gasteiger partial charge in [0.15, 0.2) is 0 Å². The highest BCUT2D eigenvalue weighted by Gasteiger charge is 2.20. The molecule has 1 aliphatic carbocycles. The molecule has 12 heteroatoms. The van der Waals surface area contributed by atoms with Gasteiger partial charge in [-0.2, -0.15) is 10.3 Å². The van der Waals surface area contributed by atoms with Crippen LogP contribution < -0.4 is 20.9 Å². The number of pyridine rings is 1. The molecule has 1 aromatic carbocycles. The molecule has 1 heterocycles. The largest absolute Gasteiger partial charge is 0.393 e. The van der Waals surface area contributed by atoms with Gasteiger partial charge in [-0.1, -0.05) is 6.07 Å². The van der Waals surface area contributed by atoms with E-state index in [1.165, 1.54) is 23.2 Å². The Hall–Kier alpha value is -4.63. The van der Waals surface area contributed by atoms with E-state index in [9.17, 15) is 19.2 Å². The first kappa shape index (κ1) is 27.0. The maximum Gasteiger partial charge on any atom is 0.351 e. The summed E-state index contributed by atoms with van der Waals surface area (Å²) in [5.74, 6) is -0.837. The van der Waals surface area contributed by atoms with E-state index in [2.05, 4.69) is 41.9 Å². The number of nitrogens with one attached hydrogen (secondary N) is 4. The molecule has 3 rings (SSSR count). The van der Waals surface area contributed by atoms with Crippen LogP contribution in [0.1, 0.15) is 16.7 Å². The van der Waals surface area contributed by atoms with Crippen molar-refractivity contribution in [1.29, 1.82) is 10.7 Å². The van der Waals surface area contributed by atoms with Crippen LogP contribution in [-0.4, -0.2) is 36.1 Å². The van der Waals surface area contributed by atoms with Crippen molar-refractivity contribution in [3.05, 3.63) is 93.3 Å². The molecular weight excluding hydrogens is 543 g/mol. The quantitative estimate of drug-likeness (QED) is 0.240. The van der Waals surface area contributed by atoms with Crippen LogP contribution in [0.2, 0.25) is 0 Å². The first-order valence-corrected chi connectivity index (χ1v) is 11.6. The van der Waals surface area contributed by atoms with Crippen molar-refractivity contribution in [2.45, 2.75) is 13.5 Å². The molecule has 2 aromatic rings. The predicted molar refractivity (Wildman–Crippen MR) is 141 cm³/mol. The summed E-state index contributed by atoms with van der Waals surface area (Å²) in [6, 6.07) is 6.71. The number of carbonyl (C=O) groups excluding carboxylic acids is 2. The summed E-state index contributed by atoms with van der Waals surface area (Å²) in [4.78, 5) is 34.1. The second-order valence-electron chi connectivity index (χ2n) is 7.72. The summed E-state index contributed by atoms with van der Waals surface area (Å²) in [7, 11) is 1.70. The molecule has 1 aromatic heterocycles. The topological polar surface area (TPSA) is 146 Å². The minimum Gasteiger partial charge on any atom is -0.393 e. The molecule has 4 N–H and O–H groups in total. The Balaban J connectivity index is 1.98. The number of hydrogen-bond donors (Lipinski definition) is 4. The van der Waals surface area contributed by atoms with Gasteiger partial charge in [0.25, 0.3) is 0 Å². The molecule has 0 spiro atoms. The zero-order valence-corrected chi connectivity index (χ0v) is 21.4. The molecular formula is C25H22BrFN8O2. The van der Waals surface area contributed by atoms with E-state index in [4.69, 9.17) is 5.41 Å². The fraction of sp³-hybridized carbons (Fsp3) is 0.120. The minimum absolute atomic E-state index is 0.0463. The van der Waals surface area contributed by atoms with E-state index in [0.717, 1.165) is 11.6 Å². The number of aromatic nitrogens is 1. The van der Waals surface area contributed by atoms with E-state index in [0.29, 0.717) is 33.4 Å². The number of guanidine groups is 1. The SMILES string of the molecule is CN/C=C1/C=C(N/C(=N/C(=O)N(Cc2ccc(F)c(C#N)c2)c2cncc(C)c2)NC=O)C(Br)=CC1=N. The van der Waals surface area contributed by atoms with Gasteiger partial charge in [-0.3, -0.25) is 20.0 Å². The van der Waals surface area contributed by atoms with Crippen molar-refractivity contribution in [1.82, 2.24) is 20.9 Å². The molecule has 0 radical (unpaired) electrons. The molecule has 0 unspecified atom stereocenters. The summed E-state index contributed by atoms with van der Waals surface area (Å²) in [6.07, 6.45) is 8.27. The lowest BCUT2D eigenvalue weighted by molar-refractivity contribution is -0.108. The molecule has 0 aliphatic heterocycles. The van der Waals surface area contributed by atoms with Crippen LogP contribution in [-0.2, 0) is 11.3 Å². The van der Waals surface area contributed by atoms with Gasteiger partial charge in [-0.05, 0) is 64.3 Å². The average molecular weight is 565 g/mol. The van der Waals surface area contributed by atoms with E-state index >= 15 is 0 Å². The van der Waals surface area contributed by atoms with Gasteiger partial charge in [-0.25, -0.2) is 9.18 Å². The van der Waals surface area contributed by atoms with E-state index in [1.54, 1.807) is 43.7 Å². The number of allylic oxidation sites excluding steroid dienone is 4. The van der Waals surface area contributed by atoms with Crippen LogP contribution in [0.15, 0.2) is 75.8 Å². The number of nitriles is 1. The Labute approximate surface area is 220 Å². The van der Waals surface area contributed by atoms with Crippen LogP contribution >= 0.6 is 15.9 Å². The number of halogens is 2. The first-order valence-electron chi connectivity index (χ1n) is 10.8. The summed E-state index contributed by atoms with van der Waals surface area (Å²) >= 11 is 3.37. The second-order valence-corrected chi connectivity index (χ2v) is 8.57. The molecule has 10 nitrogen and oxygen atoms in total. The highest BCUT2D eigenvalue weighted by Crippen LogP contribution is 2.24. The summed E-state index contributed by atoms with van der Waals surface area (Å²) < 4.78 is 14.3.